The molecule has 26 heavy (non-hydrogen) atoms. The van der Waals surface area contributed by atoms with E-state index in [1.165, 1.54) is 12.1 Å². The Labute approximate surface area is 149 Å². The first-order valence-corrected chi connectivity index (χ1v) is 7.94. The molecule has 3 rings (SSSR count). The van der Waals surface area contributed by atoms with Crippen molar-refractivity contribution in [2.75, 3.05) is 0 Å². The van der Waals surface area contributed by atoms with Gasteiger partial charge in [0.05, 0.1) is 11.1 Å². The van der Waals surface area contributed by atoms with E-state index in [0.29, 0.717) is 28.5 Å². The van der Waals surface area contributed by atoms with Crippen molar-refractivity contribution in [1.29, 1.82) is 0 Å². The van der Waals surface area contributed by atoms with E-state index in [1.54, 1.807) is 38.1 Å². The van der Waals surface area contributed by atoms with E-state index in [-0.39, 0.29) is 11.1 Å². The number of carbonyl (C=O) groups is 2. The van der Waals surface area contributed by atoms with Crippen molar-refractivity contribution < 1.29 is 24.2 Å². The monoisotopic (exact) mass is 351 g/mol. The first-order valence-electron chi connectivity index (χ1n) is 7.94. The van der Waals surface area contributed by atoms with Gasteiger partial charge in [-0.15, -0.1) is 0 Å². The van der Waals surface area contributed by atoms with Crippen LogP contribution in [0.5, 0.6) is 0 Å². The van der Waals surface area contributed by atoms with Crippen molar-refractivity contribution in [1.82, 2.24) is 4.98 Å². The van der Waals surface area contributed by atoms with Gasteiger partial charge in [0.25, 0.3) is 0 Å². The zero-order valence-electron chi connectivity index (χ0n) is 14.5. The van der Waals surface area contributed by atoms with Crippen molar-refractivity contribution in [2.24, 2.45) is 0 Å². The van der Waals surface area contributed by atoms with Crippen LogP contribution in [-0.4, -0.2) is 27.1 Å². The molecule has 0 fully saturated rings. The van der Waals surface area contributed by atoms with Crippen molar-refractivity contribution in [2.45, 2.75) is 20.8 Å². The van der Waals surface area contributed by atoms with Crippen LogP contribution in [0, 0.1) is 20.8 Å². The molecule has 0 radical (unpaired) electrons. The molecule has 1 aromatic heterocycles. The summed E-state index contributed by atoms with van der Waals surface area (Å²) in [5.74, 6) is -0.985. The SMILES string of the molecule is Cc1nc(-c2ccc(C(=O)O)c(C)c2C)c(-c2ccc(C(=O)O)cc2)o1. The lowest BCUT2D eigenvalue weighted by Crippen LogP contribution is -2.02. The lowest BCUT2D eigenvalue weighted by Gasteiger charge is -2.10. The van der Waals surface area contributed by atoms with Gasteiger partial charge < -0.3 is 14.6 Å². The summed E-state index contributed by atoms with van der Waals surface area (Å²) >= 11 is 0. The molecule has 0 saturated heterocycles. The van der Waals surface area contributed by atoms with Gasteiger partial charge >= 0.3 is 11.9 Å². The zero-order chi connectivity index (χ0) is 19.0. The standard InChI is InChI=1S/C20H17NO5/c1-10-11(2)16(20(24)25)9-8-15(10)17-18(26-12(3)21-17)13-4-6-14(7-5-13)19(22)23/h4-9H,1-3H3,(H,22,23)(H,24,25). The lowest BCUT2D eigenvalue weighted by atomic mass is 9.94. The third kappa shape index (κ3) is 2.97. The summed E-state index contributed by atoms with van der Waals surface area (Å²) in [6.07, 6.45) is 0. The predicted octanol–water partition coefficient (Wildman–Crippen LogP) is 4.33. The van der Waals surface area contributed by atoms with Gasteiger partial charge in [-0.3, -0.25) is 0 Å². The molecule has 1 heterocycles. The quantitative estimate of drug-likeness (QED) is 0.725. The van der Waals surface area contributed by atoms with Crippen LogP contribution in [0.4, 0.5) is 0 Å². The molecule has 0 aliphatic heterocycles. The molecule has 0 atom stereocenters. The molecule has 0 bridgehead atoms. The van der Waals surface area contributed by atoms with Crippen LogP contribution < -0.4 is 0 Å². The molecule has 2 N–H and O–H groups in total. The van der Waals surface area contributed by atoms with Gasteiger partial charge in [-0.1, -0.05) is 18.2 Å². The smallest absolute Gasteiger partial charge is 0.335 e. The Bertz CT molecular complexity index is 1020. The highest BCUT2D eigenvalue weighted by Gasteiger charge is 2.20. The number of hydrogen-bond donors (Lipinski definition) is 2. The first-order chi connectivity index (χ1) is 12.3. The maximum Gasteiger partial charge on any atom is 0.335 e. The van der Waals surface area contributed by atoms with E-state index < -0.39 is 11.9 Å². The number of hydrogen-bond acceptors (Lipinski definition) is 4. The fourth-order valence-electron chi connectivity index (χ4n) is 2.88. The van der Waals surface area contributed by atoms with Gasteiger partial charge in [0.15, 0.2) is 11.7 Å². The summed E-state index contributed by atoms with van der Waals surface area (Å²) in [4.78, 5) is 26.8. The number of aromatic carboxylic acids is 2. The first kappa shape index (κ1) is 17.4. The Balaban J connectivity index is 2.15. The third-order valence-corrected chi connectivity index (χ3v) is 4.40. The number of carboxylic acid groups (broad SMARTS) is 2. The number of rotatable bonds is 4. The summed E-state index contributed by atoms with van der Waals surface area (Å²) in [6, 6.07) is 9.62. The molecule has 0 aliphatic rings. The van der Waals surface area contributed by atoms with Gasteiger partial charge in [0, 0.05) is 18.1 Å². The van der Waals surface area contributed by atoms with E-state index in [9.17, 15) is 14.7 Å². The maximum absolute atomic E-state index is 11.3. The second-order valence-corrected chi connectivity index (χ2v) is 6.01. The van der Waals surface area contributed by atoms with Gasteiger partial charge in [0.1, 0.15) is 5.69 Å². The van der Waals surface area contributed by atoms with E-state index in [2.05, 4.69) is 4.98 Å². The fourth-order valence-corrected chi connectivity index (χ4v) is 2.88. The summed E-state index contributed by atoms with van der Waals surface area (Å²) in [5.41, 5.74) is 3.99. The molecule has 0 unspecified atom stereocenters. The van der Waals surface area contributed by atoms with Crippen LogP contribution in [0.3, 0.4) is 0 Å². The molecule has 0 spiro atoms. The Kier molecular flexibility index (Phi) is 4.34. The van der Waals surface area contributed by atoms with Crippen LogP contribution in [0.25, 0.3) is 22.6 Å². The number of oxazole rings is 1. The maximum atomic E-state index is 11.3. The van der Waals surface area contributed by atoms with Crippen LogP contribution in [0.1, 0.15) is 37.7 Å². The average molecular weight is 351 g/mol. The van der Waals surface area contributed by atoms with E-state index >= 15 is 0 Å². The Morgan fingerprint density at radius 1 is 0.885 bits per heavy atom. The van der Waals surface area contributed by atoms with Crippen LogP contribution in [0.2, 0.25) is 0 Å². The van der Waals surface area contributed by atoms with Gasteiger partial charge in [-0.25, -0.2) is 14.6 Å². The summed E-state index contributed by atoms with van der Waals surface area (Å²) in [5, 5.41) is 18.3. The number of benzene rings is 2. The molecule has 0 amide bonds. The second kappa shape index (κ2) is 6.48. The molecule has 0 aliphatic carbocycles. The van der Waals surface area contributed by atoms with Gasteiger partial charge in [-0.05, 0) is 43.2 Å². The van der Waals surface area contributed by atoms with Crippen LogP contribution >= 0.6 is 0 Å². The molecule has 6 heteroatoms. The molecule has 3 aromatic rings. The zero-order valence-corrected chi connectivity index (χ0v) is 14.5. The molecule has 2 aromatic carbocycles. The van der Waals surface area contributed by atoms with Crippen LogP contribution in [-0.2, 0) is 0 Å². The molecular formula is C20H17NO5. The van der Waals surface area contributed by atoms with Crippen molar-refractivity contribution >= 4 is 11.9 Å². The topological polar surface area (TPSA) is 101 Å². The van der Waals surface area contributed by atoms with Crippen molar-refractivity contribution in [3.63, 3.8) is 0 Å². The normalized spacial score (nSPS) is 10.7. The average Bonchev–Trinajstić information content (AvgIpc) is 2.98. The fraction of sp³-hybridized carbons (Fsp3) is 0.150. The molecule has 6 nitrogen and oxygen atoms in total. The largest absolute Gasteiger partial charge is 0.478 e. The summed E-state index contributed by atoms with van der Waals surface area (Å²) < 4.78 is 5.75. The Morgan fingerprint density at radius 2 is 1.54 bits per heavy atom. The van der Waals surface area contributed by atoms with Crippen LogP contribution in [0.15, 0.2) is 40.8 Å². The number of aryl methyl sites for hydroxylation is 1. The van der Waals surface area contributed by atoms with E-state index in [1.807, 2.05) is 6.92 Å². The van der Waals surface area contributed by atoms with E-state index in [0.717, 1.165) is 11.1 Å². The minimum atomic E-state index is -0.999. The highest BCUT2D eigenvalue weighted by atomic mass is 16.4. The van der Waals surface area contributed by atoms with Crippen molar-refractivity contribution in [3.05, 3.63) is 64.5 Å². The molecule has 132 valence electrons. The number of carboxylic acids is 2. The number of nitrogens with zero attached hydrogens (tertiary/aromatic N) is 1. The summed E-state index contributed by atoms with van der Waals surface area (Å²) in [7, 11) is 0. The van der Waals surface area contributed by atoms with Gasteiger partial charge in [0.2, 0.25) is 0 Å². The highest BCUT2D eigenvalue weighted by Crippen LogP contribution is 2.35. The number of aromatic nitrogens is 1. The predicted molar refractivity (Wildman–Crippen MR) is 95.5 cm³/mol. The van der Waals surface area contributed by atoms with Crippen molar-refractivity contribution in [3.8, 4) is 22.6 Å². The summed E-state index contributed by atoms with van der Waals surface area (Å²) in [6.45, 7) is 5.33. The minimum Gasteiger partial charge on any atom is -0.478 e. The third-order valence-electron chi connectivity index (χ3n) is 4.40. The molecule has 0 saturated carbocycles. The second-order valence-electron chi connectivity index (χ2n) is 6.01. The van der Waals surface area contributed by atoms with E-state index in [4.69, 9.17) is 9.52 Å². The molecular weight excluding hydrogens is 334 g/mol. The lowest BCUT2D eigenvalue weighted by molar-refractivity contribution is 0.0685. The Morgan fingerprint density at radius 3 is 2.12 bits per heavy atom. The van der Waals surface area contributed by atoms with Gasteiger partial charge in [-0.2, -0.15) is 0 Å². The highest BCUT2D eigenvalue weighted by molar-refractivity contribution is 5.92. The minimum absolute atomic E-state index is 0.185. The Hall–Kier alpha value is -3.41.